The Balaban J connectivity index is 1.50. The second-order valence-electron chi connectivity index (χ2n) is 8.32. The fourth-order valence-electron chi connectivity index (χ4n) is 4.23. The van der Waals surface area contributed by atoms with E-state index in [0.717, 1.165) is 18.7 Å². The van der Waals surface area contributed by atoms with Gasteiger partial charge in [0.15, 0.2) is 0 Å². The molecule has 0 spiro atoms. The smallest absolute Gasteiger partial charge is 0.251 e. The third kappa shape index (κ3) is 4.85. The molecule has 2 aliphatic rings. The number of amides is 2. The summed E-state index contributed by atoms with van der Waals surface area (Å²) in [4.78, 5) is 27.3. The van der Waals surface area contributed by atoms with Crippen LogP contribution in [-0.4, -0.2) is 48.4 Å². The normalized spacial score (nSPS) is 22.4. The third-order valence-corrected chi connectivity index (χ3v) is 5.93. The second kappa shape index (κ2) is 9.41. The van der Waals surface area contributed by atoms with Gasteiger partial charge in [0, 0.05) is 24.7 Å². The Morgan fingerprint density at radius 2 is 2.11 bits per heavy atom. The lowest BCUT2D eigenvalue weighted by Crippen LogP contribution is -2.42. The van der Waals surface area contributed by atoms with E-state index >= 15 is 0 Å². The number of anilines is 2. The summed E-state index contributed by atoms with van der Waals surface area (Å²) in [7, 11) is 0. The fraction of sp³-hybridized carbons (Fsp3) is 0.636. The van der Waals surface area contributed by atoms with Crippen LogP contribution in [0, 0.1) is 5.92 Å². The van der Waals surface area contributed by atoms with Crippen molar-refractivity contribution in [1.29, 1.82) is 0 Å². The molecule has 3 N–H and O–H groups in total. The summed E-state index contributed by atoms with van der Waals surface area (Å²) in [6.45, 7) is 9.18. The number of carbonyl (C=O) groups excluding carboxylic acids is 2. The summed E-state index contributed by atoms with van der Waals surface area (Å²) < 4.78 is 0. The summed E-state index contributed by atoms with van der Waals surface area (Å²) in [6.07, 6.45) is 6.10. The number of nitrogens with zero attached hydrogens (tertiary/aromatic N) is 1. The van der Waals surface area contributed by atoms with E-state index < -0.39 is 0 Å². The first kappa shape index (κ1) is 20.6. The van der Waals surface area contributed by atoms with Crippen molar-refractivity contribution in [3.63, 3.8) is 0 Å². The van der Waals surface area contributed by atoms with Crippen molar-refractivity contribution in [1.82, 2.24) is 10.2 Å². The van der Waals surface area contributed by atoms with E-state index in [-0.39, 0.29) is 23.8 Å². The molecule has 2 unspecified atom stereocenters. The molecule has 0 aromatic heterocycles. The average Bonchev–Trinajstić information content (AvgIpc) is 2.70. The molecule has 2 atom stereocenters. The molecule has 0 radical (unpaired) electrons. The minimum atomic E-state index is -0.242. The fourth-order valence-corrected chi connectivity index (χ4v) is 4.23. The predicted molar refractivity (Wildman–Crippen MR) is 114 cm³/mol. The molecular formula is C22H34N4O2. The number of benzene rings is 1. The van der Waals surface area contributed by atoms with E-state index in [4.69, 9.17) is 0 Å². The monoisotopic (exact) mass is 386 g/mol. The summed E-state index contributed by atoms with van der Waals surface area (Å²) >= 11 is 0. The Kier molecular flexibility index (Phi) is 6.94. The van der Waals surface area contributed by atoms with Crippen LogP contribution in [0.1, 0.15) is 63.2 Å². The van der Waals surface area contributed by atoms with Gasteiger partial charge in [0.2, 0.25) is 5.91 Å². The Morgan fingerprint density at radius 1 is 1.29 bits per heavy atom. The van der Waals surface area contributed by atoms with E-state index in [9.17, 15) is 9.59 Å². The number of hydrogen-bond donors (Lipinski definition) is 3. The molecule has 0 bridgehead atoms. The Bertz CT molecular complexity index is 704. The molecule has 6 nitrogen and oxygen atoms in total. The lowest BCUT2D eigenvalue weighted by molar-refractivity contribution is -0.117. The Labute approximate surface area is 168 Å². The molecule has 1 saturated heterocycles. The third-order valence-electron chi connectivity index (χ3n) is 5.93. The first-order valence-corrected chi connectivity index (χ1v) is 10.7. The van der Waals surface area contributed by atoms with Crippen LogP contribution in [0.4, 0.5) is 11.4 Å². The summed E-state index contributed by atoms with van der Waals surface area (Å²) in [5.74, 6) is 0.0594. The zero-order valence-electron chi connectivity index (χ0n) is 17.4. The molecule has 28 heavy (non-hydrogen) atoms. The second-order valence-corrected chi connectivity index (χ2v) is 8.32. The van der Waals surface area contributed by atoms with E-state index in [1.807, 2.05) is 26.0 Å². The van der Waals surface area contributed by atoms with Crippen LogP contribution in [0.5, 0.6) is 0 Å². The van der Waals surface area contributed by atoms with Crippen molar-refractivity contribution in [3.8, 4) is 0 Å². The van der Waals surface area contributed by atoms with Crippen molar-refractivity contribution in [2.75, 3.05) is 30.3 Å². The molecule has 2 amide bonds. The lowest BCUT2D eigenvalue weighted by Gasteiger charge is -2.35. The number of nitrogens with one attached hydrogen (secondary N) is 3. The zero-order chi connectivity index (χ0) is 20.1. The van der Waals surface area contributed by atoms with Crippen molar-refractivity contribution < 1.29 is 9.59 Å². The van der Waals surface area contributed by atoms with Gasteiger partial charge in [0.1, 0.15) is 6.04 Å². The minimum absolute atomic E-state index is 0.0490. The first-order valence-electron chi connectivity index (χ1n) is 10.7. The van der Waals surface area contributed by atoms with E-state index in [1.54, 1.807) is 6.07 Å². The van der Waals surface area contributed by atoms with Gasteiger partial charge in [0.25, 0.3) is 5.91 Å². The summed E-state index contributed by atoms with van der Waals surface area (Å²) in [5.41, 5.74) is 2.12. The van der Waals surface area contributed by atoms with Crippen molar-refractivity contribution in [2.45, 2.75) is 65.0 Å². The van der Waals surface area contributed by atoms with Crippen LogP contribution >= 0.6 is 0 Å². The predicted octanol–water partition coefficient (Wildman–Crippen LogP) is 3.46. The SMILES string of the molecule is CCC1CCCCN1CCCNC(=O)c1ccc2c(c1)NC(=O)C(C(C)C)N2. The van der Waals surface area contributed by atoms with Crippen LogP contribution in [0.15, 0.2) is 18.2 Å². The van der Waals surface area contributed by atoms with Gasteiger partial charge in [-0.1, -0.05) is 27.2 Å². The highest BCUT2D eigenvalue weighted by Gasteiger charge is 2.28. The standard InChI is InChI=1S/C22H34N4O2/c1-4-17-8-5-6-12-26(17)13-7-11-23-21(27)16-9-10-18-19(14-16)25-22(28)20(24-18)15(2)3/h9-10,14-15,17,20,24H,4-8,11-13H2,1-3H3,(H,23,27)(H,25,28). The average molecular weight is 387 g/mol. The van der Waals surface area contributed by atoms with Gasteiger partial charge in [-0.05, 0) is 56.3 Å². The number of rotatable bonds is 7. The zero-order valence-corrected chi connectivity index (χ0v) is 17.4. The van der Waals surface area contributed by atoms with E-state index in [1.165, 1.54) is 32.2 Å². The molecule has 0 aliphatic carbocycles. The Hall–Kier alpha value is -2.08. The van der Waals surface area contributed by atoms with Crippen molar-refractivity contribution >= 4 is 23.2 Å². The van der Waals surface area contributed by atoms with Crippen LogP contribution in [0.3, 0.4) is 0 Å². The van der Waals surface area contributed by atoms with Gasteiger partial charge < -0.3 is 20.9 Å². The molecule has 6 heteroatoms. The highest BCUT2D eigenvalue weighted by Crippen LogP contribution is 2.29. The molecule has 2 heterocycles. The van der Waals surface area contributed by atoms with Gasteiger partial charge in [-0.15, -0.1) is 0 Å². The number of likely N-dealkylation sites (tertiary alicyclic amines) is 1. The molecule has 2 aliphatic heterocycles. The molecule has 1 aromatic carbocycles. The number of piperidine rings is 1. The highest BCUT2D eigenvalue weighted by atomic mass is 16.2. The van der Waals surface area contributed by atoms with E-state index in [2.05, 4.69) is 27.8 Å². The summed E-state index contributed by atoms with van der Waals surface area (Å²) in [6, 6.07) is 5.90. The van der Waals surface area contributed by atoms with Gasteiger partial charge in [0.05, 0.1) is 11.4 Å². The minimum Gasteiger partial charge on any atom is -0.372 e. The number of fused-ring (bicyclic) bond motifs is 1. The molecule has 1 fully saturated rings. The molecular weight excluding hydrogens is 352 g/mol. The maximum absolute atomic E-state index is 12.5. The van der Waals surface area contributed by atoms with Crippen molar-refractivity contribution in [3.05, 3.63) is 23.8 Å². The maximum atomic E-state index is 12.5. The van der Waals surface area contributed by atoms with Crippen molar-refractivity contribution in [2.24, 2.45) is 5.92 Å². The van der Waals surface area contributed by atoms with Gasteiger partial charge in [-0.25, -0.2) is 0 Å². The van der Waals surface area contributed by atoms with Gasteiger partial charge >= 0.3 is 0 Å². The van der Waals surface area contributed by atoms with Crippen LogP contribution < -0.4 is 16.0 Å². The number of carbonyl (C=O) groups is 2. The molecule has 0 saturated carbocycles. The largest absolute Gasteiger partial charge is 0.372 e. The van der Waals surface area contributed by atoms with Crippen LogP contribution in [-0.2, 0) is 4.79 Å². The van der Waals surface area contributed by atoms with Gasteiger partial charge in [-0.2, -0.15) is 0 Å². The molecule has 3 rings (SSSR count). The van der Waals surface area contributed by atoms with Crippen LogP contribution in [0.25, 0.3) is 0 Å². The number of hydrogen-bond acceptors (Lipinski definition) is 4. The lowest BCUT2D eigenvalue weighted by atomic mass is 9.99. The molecule has 1 aromatic rings. The first-order chi connectivity index (χ1) is 13.5. The maximum Gasteiger partial charge on any atom is 0.251 e. The topological polar surface area (TPSA) is 73.5 Å². The van der Waals surface area contributed by atoms with E-state index in [0.29, 0.717) is 23.8 Å². The quantitative estimate of drug-likeness (QED) is 0.628. The highest BCUT2D eigenvalue weighted by molar-refractivity contribution is 6.05. The summed E-state index contributed by atoms with van der Waals surface area (Å²) in [5, 5.41) is 9.20. The molecule has 154 valence electrons. The van der Waals surface area contributed by atoms with Crippen LogP contribution in [0.2, 0.25) is 0 Å². The van der Waals surface area contributed by atoms with Gasteiger partial charge in [-0.3, -0.25) is 9.59 Å². The Morgan fingerprint density at radius 3 is 2.86 bits per heavy atom.